The van der Waals surface area contributed by atoms with E-state index < -0.39 is 131 Å². The van der Waals surface area contributed by atoms with Crippen molar-refractivity contribution in [2.24, 2.45) is 0 Å². The van der Waals surface area contributed by atoms with Gasteiger partial charge in [0, 0.05) is 0 Å². The van der Waals surface area contributed by atoms with Gasteiger partial charge in [-0.3, -0.25) is 8.37 Å². The number of nitrogens with zero attached hydrogens (tertiary/aromatic N) is 6. The fourth-order valence-corrected chi connectivity index (χ4v) is 18.6. The molecule has 119 heavy (non-hydrogen) atoms. The Morgan fingerprint density at radius 1 is 0.403 bits per heavy atom. The second-order valence-corrected chi connectivity index (χ2v) is 32.6. The number of aryl methyl sites for hydroxylation is 4. The summed E-state index contributed by atoms with van der Waals surface area (Å²) in [6.45, 7) is 9.45. The lowest BCUT2D eigenvalue weighted by Crippen LogP contribution is -2.63. The van der Waals surface area contributed by atoms with E-state index in [-0.39, 0.29) is 124 Å². The number of hydrogen-bond donors (Lipinski definition) is 0. The fourth-order valence-electron chi connectivity index (χ4n) is 13.2. The Bertz CT molecular complexity index is 5310. The third-order valence-corrected chi connectivity index (χ3v) is 24.0. The first-order chi connectivity index (χ1) is 57.6. The maximum atomic E-state index is 14.5. The minimum Gasteiger partial charge on any atom is -0.452 e. The number of rotatable bonds is 38. The van der Waals surface area contributed by atoms with Gasteiger partial charge in [-0.25, -0.2) is 38.1 Å². The van der Waals surface area contributed by atoms with Crippen molar-refractivity contribution in [1.29, 1.82) is 0 Å². The van der Waals surface area contributed by atoms with Crippen LogP contribution in [0.4, 0.5) is 0 Å². The minimum atomic E-state index is -4.59. The van der Waals surface area contributed by atoms with Gasteiger partial charge in [-0.05, 0) is 135 Å². The second-order valence-electron chi connectivity index (χ2n) is 27.4. The summed E-state index contributed by atoms with van der Waals surface area (Å²) in [6, 6.07) is 54.4. The smallest absolute Gasteiger partial charge is 0.338 e. The average molecular weight is 1700 g/mol. The normalized spacial score (nSPS) is 19.4. The van der Waals surface area contributed by atoms with E-state index in [0.717, 1.165) is 11.1 Å². The maximum absolute atomic E-state index is 14.5. The van der Waals surface area contributed by atoms with Crippen molar-refractivity contribution in [2.75, 3.05) is 53.0 Å². The molecule has 2 fully saturated rings. The highest BCUT2D eigenvalue weighted by Gasteiger charge is 2.56. The van der Waals surface area contributed by atoms with Crippen molar-refractivity contribution in [1.82, 2.24) is 30.0 Å². The van der Waals surface area contributed by atoms with E-state index in [1.807, 2.05) is 34.1 Å². The van der Waals surface area contributed by atoms with Crippen LogP contribution < -0.4 is 10.6 Å². The predicted octanol–water partition coefficient (Wildman–Crippen LogP) is 9.61. The van der Waals surface area contributed by atoms with E-state index in [1.54, 1.807) is 153 Å². The zero-order valence-electron chi connectivity index (χ0n) is 65.6. The van der Waals surface area contributed by atoms with Gasteiger partial charge in [0.1, 0.15) is 33.4 Å². The number of esters is 6. The van der Waals surface area contributed by atoms with Crippen LogP contribution in [0, 0.1) is 20.8 Å². The molecule has 2 aliphatic rings. The van der Waals surface area contributed by atoms with E-state index >= 15 is 0 Å². The van der Waals surface area contributed by atoms with Crippen LogP contribution in [0.2, 0.25) is 0 Å². The Balaban J connectivity index is 0.702. The molecule has 0 saturated carbocycles. The Morgan fingerprint density at radius 2 is 0.714 bits per heavy atom. The van der Waals surface area contributed by atoms with Crippen molar-refractivity contribution in [2.45, 2.75) is 132 Å². The summed E-state index contributed by atoms with van der Waals surface area (Å²) >= 11 is 0. The van der Waals surface area contributed by atoms with Crippen LogP contribution in [0.5, 0.6) is 0 Å². The highest BCUT2D eigenvalue weighted by atomic mass is 32.2. The summed E-state index contributed by atoms with van der Waals surface area (Å²) in [7, 11) is -9.05. The first-order valence-corrected chi connectivity index (χ1v) is 43.8. The highest BCUT2D eigenvalue weighted by Crippen LogP contribution is 2.37. The van der Waals surface area contributed by atoms with Crippen molar-refractivity contribution >= 4 is 83.8 Å². The molecular weight excluding hydrogens is 1620 g/mol. The molecule has 0 aliphatic carbocycles. The van der Waals surface area contributed by atoms with Crippen LogP contribution in [-0.4, -0.2) is 197 Å². The number of ether oxygens (including phenoxy) is 12. The molecule has 34 heteroatoms. The number of benzene rings is 8. The molecule has 4 heterocycles. The largest absolute Gasteiger partial charge is 0.452 e. The van der Waals surface area contributed by atoms with Crippen molar-refractivity contribution in [3.8, 4) is 0 Å². The van der Waals surface area contributed by atoms with Gasteiger partial charge in [0.15, 0.2) is 49.2 Å². The fraction of sp³-hybridized carbons (Fsp3) is 0.318. The predicted molar refractivity (Wildman–Crippen MR) is 433 cm³/mol. The summed E-state index contributed by atoms with van der Waals surface area (Å²) in [5.41, 5.74) is 3.61. The molecule has 2 aromatic heterocycles. The first-order valence-electron chi connectivity index (χ1n) is 38.0. The molecule has 4 unspecified atom stereocenters. The lowest BCUT2D eigenvalue weighted by Gasteiger charge is -2.44. The van der Waals surface area contributed by atoms with Crippen LogP contribution in [0.3, 0.4) is 0 Å². The maximum Gasteiger partial charge on any atom is 0.338 e. The van der Waals surface area contributed by atoms with Crippen molar-refractivity contribution in [3.63, 3.8) is 0 Å². The molecule has 8 aromatic carbocycles. The molecule has 30 nitrogen and oxygen atoms in total. The van der Waals surface area contributed by atoms with Gasteiger partial charge in [0.25, 0.3) is 20.2 Å². The summed E-state index contributed by atoms with van der Waals surface area (Å²) in [5, 5.41) is 18.1. The first kappa shape index (κ1) is 87.6. The zero-order chi connectivity index (χ0) is 84.0. The molecule has 12 rings (SSSR count). The molecule has 0 spiro atoms. The molecule has 2 aliphatic heterocycles. The van der Waals surface area contributed by atoms with E-state index in [9.17, 15) is 45.6 Å². The van der Waals surface area contributed by atoms with E-state index in [4.69, 9.17) is 65.2 Å². The van der Waals surface area contributed by atoms with Crippen LogP contribution in [-0.2, 0) is 118 Å². The van der Waals surface area contributed by atoms with Crippen molar-refractivity contribution in [3.05, 3.63) is 286 Å². The molecule has 2 saturated heterocycles. The Morgan fingerprint density at radius 3 is 1.05 bits per heavy atom. The van der Waals surface area contributed by atoms with Gasteiger partial charge in [0.2, 0.25) is 0 Å². The third-order valence-electron chi connectivity index (χ3n) is 18.9. The van der Waals surface area contributed by atoms with E-state index in [1.165, 1.54) is 82.2 Å². The number of hydrogen-bond acceptors (Lipinski definition) is 28. The molecule has 0 bridgehead atoms. The monoisotopic (exact) mass is 1700 g/mol. The quantitative estimate of drug-likeness (QED) is 0.0114. The van der Waals surface area contributed by atoms with Crippen molar-refractivity contribution < 1.29 is 111 Å². The summed E-state index contributed by atoms with van der Waals surface area (Å²) in [4.78, 5) is 85.3. The van der Waals surface area contributed by atoms with E-state index in [2.05, 4.69) is 20.6 Å². The molecular formula is C85H88N6O24P2S2. The number of carbonyl (C=O) groups excluding carboxylic acids is 6. The standard InChI is InChI=1S/C85H88N6O24P2S2/c1-7-57-45-55(3)47-69(117-6)77(57)119(100,101)107-53-67-71(111-79(93)59-28-16-9-17-29-59)73(113-81(95)61-32-20-11-21-33-61)75(115-83(97)63-36-24-13-25-37-63)85(109-67)105-51-65-49-91(89-87-65)39-41-103-43-42-102-40-38-90-48-64(86-88-90)50-104-84-74(114-82(96)62-34-22-12-23-35-62)72(112-80(94)60-30-18-10-19-31-60)70(110-78(92)58-26-14-8-15-27-58)66(108-84)52-106-118(98,99)76-56(4)44-54(2)46-68(76)116-5/h8-37,44-49,66-67,70-75,84-85,116-117H,7,38-43,50-53H2,1-6H3/t66-,67-,70?,71?,72+,73+,74+,75+,84-,85-/m1/s1. The summed E-state index contributed by atoms with van der Waals surface area (Å²) in [5.74, 6) is -5.50. The third kappa shape index (κ3) is 23.2. The molecule has 12 atom stereocenters. The molecule has 0 amide bonds. The Hall–Kier alpha value is -10.7. The lowest BCUT2D eigenvalue weighted by atomic mass is 9.97. The molecule has 0 radical (unpaired) electrons. The highest BCUT2D eigenvalue weighted by molar-refractivity contribution is 7.87. The Labute approximate surface area is 691 Å². The van der Waals surface area contributed by atoms with Gasteiger partial charge >= 0.3 is 35.8 Å². The average Bonchev–Trinajstić information content (AvgIpc) is 0.890. The summed E-state index contributed by atoms with van der Waals surface area (Å²) < 4.78 is 147. The van der Waals surface area contributed by atoms with Crippen LogP contribution in [0.25, 0.3) is 0 Å². The minimum absolute atomic E-state index is 0.0144. The lowest BCUT2D eigenvalue weighted by molar-refractivity contribution is -0.300. The SMILES string of the molecule is CCc1cc(C)cc(PC)c1S(=O)(=O)OC[C@H]1O[C@@H](OCc2cn(CCOCCOCCn3cc(CO[C@@H]4O[C@H](COS(=O)(=O)c5c(C)cc(C)cc5PC)C(OC(=O)c5ccccc5)[C@H](OC(=O)c5ccccc5)[C@@H]4OC(=O)c4ccccc4)nn3)nn2)[C@@H](OC(=O)c2ccccc2)[C@@H](OC(=O)c2ccccc2)C1OC(=O)c1ccccc1. The van der Waals surface area contributed by atoms with E-state index in [0.29, 0.717) is 28.2 Å². The zero-order valence-corrected chi connectivity index (χ0v) is 69.3. The van der Waals surface area contributed by atoms with Crippen LogP contribution >= 0.6 is 17.2 Å². The molecule has 10 aromatic rings. The van der Waals surface area contributed by atoms with Crippen LogP contribution in [0.15, 0.2) is 228 Å². The van der Waals surface area contributed by atoms with Gasteiger partial charge in [-0.1, -0.05) is 179 Å². The molecule has 0 N–H and O–H groups in total. The summed E-state index contributed by atoms with van der Waals surface area (Å²) in [6.07, 6.45) is -13.5. The topological polar surface area (TPSA) is 361 Å². The number of carbonyl (C=O) groups is 6. The second kappa shape index (κ2) is 41.8. The molecule has 624 valence electrons. The van der Waals surface area contributed by atoms with Gasteiger partial charge in [-0.2, -0.15) is 16.8 Å². The van der Waals surface area contributed by atoms with Crippen LogP contribution in [0.1, 0.15) is 103 Å². The number of aromatic nitrogens is 6. The van der Waals surface area contributed by atoms with Gasteiger partial charge < -0.3 is 56.8 Å². The van der Waals surface area contributed by atoms with Gasteiger partial charge in [0.05, 0.1) is 112 Å². The Kier molecular flexibility index (Phi) is 30.8. The van der Waals surface area contributed by atoms with Gasteiger partial charge in [-0.15, -0.1) is 10.2 Å².